The first-order valence-electron chi connectivity index (χ1n) is 21.6. The van der Waals surface area contributed by atoms with Gasteiger partial charge in [0.15, 0.2) is 23.0 Å². The summed E-state index contributed by atoms with van der Waals surface area (Å²) < 4.78 is 60.4. The molecule has 4 spiro atoms. The number of nitrogens with zero attached hydrogens (tertiary/aromatic N) is 4. The second kappa shape index (κ2) is 17.3. The Kier molecular flexibility index (Phi) is 12.9. The van der Waals surface area contributed by atoms with Crippen LogP contribution in [0.1, 0.15) is 117 Å². The van der Waals surface area contributed by atoms with E-state index < -0.39 is 47.3 Å². The molecule has 2 atom stereocenters. The van der Waals surface area contributed by atoms with Gasteiger partial charge in [-0.1, -0.05) is 48.9 Å². The molecule has 2 aromatic rings. The predicted octanol–water partition coefficient (Wildman–Crippen LogP) is 7.34. The third-order valence-electron chi connectivity index (χ3n) is 15.0. The van der Waals surface area contributed by atoms with Crippen LogP contribution in [-0.2, 0) is 69.8 Å². The largest absolute Gasteiger partial charge is 0.369 e. The molecule has 2 heterocycles. The zero-order valence-electron chi connectivity index (χ0n) is 35.6. The number of halogens is 4. The first-order chi connectivity index (χ1) is 28.7. The summed E-state index contributed by atoms with van der Waals surface area (Å²) in [5, 5.41) is 0. The van der Waals surface area contributed by atoms with Crippen LogP contribution >= 0.6 is 0 Å². The molecule has 4 saturated carbocycles. The van der Waals surface area contributed by atoms with Gasteiger partial charge in [-0.2, -0.15) is 17.6 Å². The van der Waals surface area contributed by atoms with Crippen LogP contribution in [0.2, 0.25) is 0 Å². The number of guanidine groups is 2. The smallest absolute Gasteiger partial charge is 0.345 e. The summed E-state index contributed by atoms with van der Waals surface area (Å²) in [7, 11) is 3.31. The van der Waals surface area contributed by atoms with Crippen LogP contribution in [0.15, 0.2) is 46.4 Å². The monoisotopic (exact) mass is 951 g/mol. The van der Waals surface area contributed by atoms with Crippen molar-refractivity contribution in [2.24, 2.45) is 44.1 Å². The van der Waals surface area contributed by atoms with Gasteiger partial charge in [0.05, 0.1) is 12.2 Å². The van der Waals surface area contributed by atoms with Crippen LogP contribution in [0.25, 0.3) is 0 Å². The Morgan fingerprint density at radius 1 is 0.726 bits per heavy atom. The molecule has 62 heavy (non-hydrogen) atoms. The molecule has 4 fully saturated rings. The normalized spacial score (nSPS) is 31.7. The van der Waals surface area contributed by atoms with E-state index in [0.29, 0.717) is 63.7 Å². The summed E-state index contributed by atoms with van der Waals surface area (Å²) >= 11 is 0. The van der Waals surface area contributed by atoms with E-state index in [4.69, 9.17) is 30.9 Å². The van der Waals surface area contributed by atoms with Crippen LogP contribution in [0, 0.1) is 41.9 Å². The molecule has 2 aromatic carbocycles. The van der Waals surface area contributed by atoms with Crippen molar-refractivity contribution in [2.75, 3.05) is 14.1 Å². The number of nitrogens with two attached hydrogens (primary N) is 2. The minimum Gasteiger partial charge on any atom is -0.369 e. The van der Waals surface area contributed by atoms with Gasteiger partial charge in [0.25, 0.3) is 11.8 Å². The minimum atomic E-state index is -2.78. The van der Waals surface area contributed by atoms with Crippen molar-refractivity contribution in [1.82, 2.24) is 9.80 Å². The van der Waals surface area contributed by atoms with E-state index in [-0.39, 0.29) is 51.6 Å². The van der Waals surface area contributed by atoms with Gasteiger partial charge >= 0.3 is 13.2 Å². The molecule has 2 aliphatic heterocycles. The zero-order valence-corrected chi connectivity index (χ0v) is 37.2. The van der Waals surface area contributed by atoms with E-state index in [1.165, 1.54) is 34.6 Å². The molecular formula is C47H57F4N6O4Pd-. The van der Waals surface area contributed by atoms with Crippen LogP contribution in [-0.4, -0.2) is 73.1 Å². The van der Waals surface area contributed by atoms with Gasteiger partial charge in [-0.25, -0.2) is 9.98 Å². The Hall–Kier alpha value is -3.82. The summed E-state index contributed by atoms with van der Waals surface area (Å²) in [5.41, 5.74) is 15.4. The number of carbonyl (C=O) groups is 2. The first-order valence-corrected chi connectivity index (χ1v) is 21.6. The van der Waals surface area contributed by atoms with Crippen molar-refractivity contribution in [1.29, 1.82) is 0 Å². The molecule has 10 rings (SSSR count). The molecule has 4 N–H and O–H groups in total. The van der Waals surface area contributed by atoms with E-state index in [1.807, 2.05) is 18.2 Å². The molecular weight excluding hydrogens is 895 g/mol. The Morgan fingerprint density at radius 2 is 1.19 bits per heavy atom. The summed E-state index contributed by atoms with van der Waals surface area (Å²) in [6.07, 6.45) is 11.9. The van der Waals surface area contributed by atoms with Gasteiger partial charge in [-0.3, -0.25) is 19.4 Å². The van der Waals surface area contributed by atoms with E-state index in [1.54, 1.807) is 14.1 Å². The standard InChI is InChI=1S/C23H29F2N3O2.C23H25F2N3O2.CH3.Pd/c2*1-28-19(29)23(27-21(28)26)18-12-15(5-4-14-2-3-14)6-7-16(18)13-22(23)10-8-17(9-11-22)30-20(24)25;;/h6-7,12,14,17,20H,2-5,8-11,13H2,1H3,(H2,26,27);6-7,12,14,17,20H,2-3,8-11,13H2,1H3,(H2,26,27);1H3;/q;;-1;. The molecule has 8 aliphatic rings. The second-order valence-electron chi connectivity index (χ2n) is 18.6. The number of hydrogen-bond donors (Lipinski definition) is 2. The Bertz CT molecular complexity index is 2190. The van der Waals surface area contributed by atoms with Crippen molar-refractivity contribution >= 4 is 23.7 Å². The second-order valence-corrected chi connectivity index (χ2v) is 18.6. The van der Waals surface area contributed by atoms with Crippen molar-refractivity contribution < 1.29 is 57.0 Å². The molecule has 0 bridgehead atoms. The van der Waals surface area contributed by atoms with Gasteiger partial charge in [0.1, 0.15) is 0 Å². The number of benzene rings is 2. The molecule has 15 heteroatoms. The fourth-order valence-electron chi connectivity index (χ4n) is 11.4. The Labute approximate surface area is 375 Å². The van der Waals surface area contributed by atoms with E-state index in [0.717, 1.165) is 59.4 Å². The van der Waals surface area contributed by atoms with Crippen molar-refractivity contribution in [3.8, 4) is 11.8 Å². The number of ether oxygens (including phenoxy) is 2. The number of alkyl halides is 4. The van der Waals surface area contributed by atoms with E-state index >= 15 is 0 Å². The zero-order chi connectivity index (χ0) is 42.2. The number of aliphatic imine (C=N–C) groups is 2. The van der Waals surface area contributed by atoms with Crippen molar-refractivity contribution in [3.05, 3.63) is 77.2 Å². The third-order valence-corrected chi connectivity index (χ3v) is 15.0. The summed E-state index contributed by atoms with van der Waals surface area (Å²) in [6.45, 7) is -5.54. The maximum atomic E-state index is 13.6. The fraction of sp³-hybridized carbons (Fsp3) is 0.596. The van der Waals surface area contributed by atoms with Gasteiger partial charge in [0, 0.05) is 56.8 Å². The van der Waals surface area contributed by atoms with Crippen LogP contribution in [0.4, 0.5) is 17.6 Å². The van der Waals surface area contributed by atoms with Crippen molar-refractivity contribution in [2.45, 2.75) is 139 Å². The first kappa shape index (κ1) is 46.2. The predicted molar refractivity (Wildman–Crippen MR) is 223 cm³/mol. The van der Waals surface area contributed by atoms with Crippen LogP contribution in [0.5, 0.6) is 0 Å². The average molecular weight is 952 g/mol. The molecule has 0 saturated heterocycles. The number of amides is 2. The summed E-state index contributed by atoms with van der Waals surface area (Å²) in [6, 6.07) is 12.5. The summed E-state index contributed by atoms with van der Waals surface area (Å²) in [5.74, 6) is 8.05. The number of rotatable bonds is 7. The molecule has 0 aromatic heterocycles. The number of likely N-dealkylation sites (N-methyl/N-ethyl adjacent to an activating group) is 2. The quantitative estimate of drug-likeness (QED) is 0.129. The number of fused-ring (bicyclic) bond motifs is 6. The molecule has 338 valence electrons. The van der Waals surface area contributed by atoms with Crippen LogP contribution < -0.4 is 11.5 Å². The molecule has 2 unspecified atom stereocenters. The Balaban J connectivity index is 0.000000181. The number of carbonyl (C=O) groups excluding carboxylic acids is 2. The number of hydrogen-bond acceptors (Lipinski definition) is 8. The van der Waals surface area contributed by atoms with Crippen molar-refractivity contribution in [3.63, 3.8) is 0 Å². The Morgan fingerprint density at radius 3 is 1.61 bits per heavy atom. The van der Waals surface area contributed by atoms with E-state index in [9.17, 15) is 27.2 Å². The average Bonchev–Trinajstić information content (AvgIpc) is 4.16. The number of aryl methyl sites for hydroxylation is 1. The third kappa shape index (κ3) is 7.79. The van der Waals surface area contributed by atoms with Gasteiger partial charge < -0.3 is 28.4 Å². The SMILES string of the molecule is CN1C(=O)C2(N=C1N)c1cc(C#CC3CC3)ccc1CC21CCC(OC(F)F)CC1.CN1C(=O)C2(N=C1N)c1cc(CCC3CC3)ccc1CC21CCC(OC(F)F)CC1.[CH3-].[Pd]. The maximum Gasteiger partial charge on any atom is 0.345 e. The van der Waals surface area contributed by atoms with Gasteiger partial charge in [-0.05, 0) is 136 Å². The molecule has 2 amide bonds. The fourth-order valence-corrected chi connectivity index (χ4v) is 11.4. The van der Waals surface area contributed by atoms with Gasteiger partial charge in [-0.15, -0.1) is 0 Å². The summed E-state index contributed by atoms with van der Waals surface area (Å²) in [4.78, 5) is 39.6. The topological polar surface area (TPSA) is 136 Å². The molecule has 6 aliphatic carbocycles. The molecule has 0 radical (unpaired) electrons. The maximum absolute atomic E-state index is 13.6. The minimum absolute atomic E-state index is 0. The van der Waals surface area contributed by atoms with E-state index in [2.05, 4.69) is 30.0 Å². The van der Waals surface area contributed by atoms with Gasteiger partial charge in [0.2, 0.25) is 0 Å². The van der Waals surface area contributed by atoms with Crippen LogP contribution in [0.3, 0.4) is 0 Å². The molecule has 10 nitrogen and oxygen atoms in total.